The van der Waals surface area contributed by atoms with Crippen LogP contribution in [-0.2, 0) is 9.59 Å². The average Bonchev–Trinajstić information content (AvgIpc) is 2.15. The second-order valence-electron chi connectivity index (χ2n) is 3.78. The van der Waals surface area contributed by atoms with Crippen LogP contribution in [0.3, 0.4) is 0 Å². The largest absolute Gasteiger partial charge is 0.303 e. The topological polar surface area (TPSA) is 34.1 Å². The Morgan fingerprint density at radius 3 is 1.25 bits per heavy atom. The fraction of sp³-hybridized carbons (Fsp3) is 0.800. The van der Waals surface area contributed by atoms with Gasteiger partial charge in [0.15, 0.2) is 0 Å². The number of aldehydes is 2. The summed E-state index contributed by atoms with van der Waals surface area (Å²) in [5.74, 6) is 0. The summed E-state index contributed by atoms with van der Waals surface area (Å²) in [4.78, 5) is 21.7. The molecule has 0 saturated carbocycles. The molecule has 2 nitrogen and oxygen atoms in total. The molecule has 0 radical (unpaired) electrons. The van der Waals surface area contributed by atoms with Gasteiger partial charge in [0.2, 0.25) is 0 Å². The predicted octanol–water partition coefficient (Wildman–Crippen LogP) is 2.22. The summed E-state index contributed by atoms with van der Waals surface area (Å²) in [6.45, 7) is 7.56. The van der Waals surface area contributed by atoms with Crippen molar-refractivity contribution in [2.24, 2.45) is 10.8 Å². The van der Waals surface area contributed by atoms with Crippen molar-refractivity contribution in [2.75, 3.05) is 0 Å². The molecule has 12 heavy (non-hydrogen) atoms. The van der Waals surface area contributed by atoms with Crippen LogP contribution in [-0.4, -0.2) is 12.6 Å². The van der Waals surface area contributed by atoms with Gasteiger partial charge < -0.3 is 9.59 Å². The third-order valence-corrected chi connectivity index (χ3v) is 3.29. The smallest absolute Gasteiger partial charge is 0.126 e. The van der Waals surface area contributed by atoms with E-state index in [1.54, 1.807) is 0 Å². The average molecular weight is 170 g/mol. The van der Waals surface area contributed by atoms with E-state index in [-0.39, 0.29) is 0 Å². The number of carbonyl (C=O) groups is 2. The van der Waals surface area contributed by atoms with Gasteiger partial charge in [-0.25, -0.2) is 0 Å². The molecule has 0 spiro atoms. The monoisotopic (exact) mass is 170 g/mol. The SMILES string of the molecule is CCC(C)(C=O)C(C)(C=O)CC. The second kappa shape index (κ2) is 3.83. The molecule has 0 saturated heterocycles. The van der Waals surface area contributed by atoms with Gasteiger partial charge in [-0.05, 0) is 12.8 Å². The van der Waals surface area contributed by atoms with Crippen molar-refractivity contribution < 1.29 is 9.59 Å². The lowest BCUT2D eigenvalue weighted by atomic mass is 9.64. The zero-order valence-corrected chi connectivity index (χ0v) is 8.39. The summed E-state index contributed by atoms with van der Waals surface area (Å²) < 4.78 is 0. The Morgan fingerprint density at radius 1 is 0.917 bits per heavy atom. The summed E-state index contributed by atoms with van der Waals surface area (Å²) in [6, 6.07) is 0. The van der Waals surface area contributed by atoms with Crippen molar-refractivity contribution >= 4 is 12.6 Å². The van der Waals surface area contributed by atoms with Crippen molar-refractivity contribution in [3.8, 4) is 0 Å². The van der Waals surface area contributed by atoms with E-state index in [4.69, 9.17) is 0 Å². The quantitative estimate of drug-likeness (QED) is 0.593. The highest BCUT2D eigenvalue weighted by atomic mass is 16.1. The van der Waals surface area contributed by atoms with E-state index < -0.39 is 10.8 Å². The molecule has 0 aromatic carbocycles. The van der Waals surface area contributed by atoms with E-state index in [9.17, 15) is 9.59 Å². The van der Waals surface area contributed by atoms with Crippen LogP contribution in [0, 0.1) is 10.8 Å². The molecule has 0 aromatic heterocycles. The maximum absolute atomic E-state index is 10.9. The van der Waals surface area contributed by atoms with Crippen LogP contribution >= 0.6 is 0 Å². The van der Waals surface area contributed by atoms with Gasteiger partial charge in [-0.1, -0.05) is 27.7 Å². The minimum atomic E-state index is -0.510. The standard InChI is InChI=1S/C10H18O2/c1-5-9(3,7-11)10(4,6-2)8-12/h7-8H,5-6H2,1-4H3. The first kappa shape index (κ1) is 11.3. The molecule has 70 valence electrons. The third kappa shape index (κ3) is 1.57. The van der Waals surface area contributed by atoms with Crippen molar-refractivity contribution in [2.45, 2.75) is 40.5 Å². The maximum atomic E-state index is 10.9. The Labute approximate surface area is 74.3 Å². The number of hydrogen-bond acceptors (Lipinski definition) is 2. The van der Waals surface area contributed by atoms with Crippen molar-refractivity contribution in [1.82, 2.24) is 0 Å². The summed E-state index contributed by atoms with van der Waals surface area (Å²) in [6.07, 6.45) is 3.23. The Bertz CT molecular complexity index is 157. The van der Waals surface area contributed by atoms with Crippen molar-refractivity contribution in [3.63, 3.8) is 0 Å². The van der Waals surface area contributed by atoms with E-state index >= 15 is 0 Å². The number of hydrogen-bond donors (Lipinski definition) is 0. The highest BCUT2D eigenvalue weighted by molar-refractivity contribution is 5.72. The molecule has 0 fully saturated rings. The van der Waals surface area contributed by atoms with Crippen molar-refractivity contribution in [1.29, 1.82) is 0 Å². The number of carbonyl (C=O) groups excluding carboxylic acids is 2. The van der Waals surface area contributed by atoms with E-state index in [0.717, 1.165) is 12.6 Å². The first-order valence-corrected chi connectivity index (χ1v) is 4.42. The molecule has 0 rings (SSSR count). The Kier molecular flexibility index (Phi) is 3.62. The third-order valence-electron chi connectivity index (χ3n) is 3.29. The number of rotatable bonds is 5. The van der Waals surface area contributed by atoms with E-state index in [0.29, 0.717) is 12.8 Å². The van der Waals surface area contributed by atoms with Gasteiger partial charge in [0.25, 0.3) is 0 Å². The molecule has 0 bridgehead atoms. The molecule has 0 amide bonds. The van der Waals surface area contributed by atoms with Crippen LogP contribution in [0.5, 0.6) is 0 Å². The fourth-order valence-electron chi connectivity index (χ4n) is 1.24. The van der Waals surface area contributed by atoms with Gasteiger partial charge in [0.05, 0.1) is 0 Å². The first-order chi connectivity index (χ1) is 5.49. The van der Waals surface area contributed by atoms with Crippen molar-refractivity contribution in [3.05, 3.63) is 0 Å². The Hall–Kier alpha value is -0.660. The molecule has 0 aliphatic rings. The fourth-order valence-corrected chi connectivity index (χ4v) is 1.24. The lowest BCUT2D eigenvalue weighted by Crippen LogP contribution is -2.39. The zero-order valence-electron chi connectivity index (χ0n) is 8.39. The highest BCUT2D eigenvalue weighted by Crippen LogP contribution is 2.40. The van der Waals surface area contributed by atoms with Gasteiger partial charge in [-0.2, -0.15) is 0 Å². The lowest BCUT2D eigenvalue weighted by molar-refractivity contribution is -0.132. The Morgan fingerprint density at radius 2 is 1.17 bits per heavy atom. The van der Waals surface area contributed by atoms with Gasteiger partial charge in [-0.3, -0.25) is 0 Å². The predicted molar refractivity (Wildman–Crippen MR) is 48.9 cm³/mol. The molecular weight excluding hydrogens is 152 g/mol. The molecule has 0 heterocycles. The zero-order chi connectivity index (χ0) is 9.83. The highest BCUT2D eigenvalue weighted by Gasteiger charge is 2.41. The molecule has 2 atom stereocenters. The Balaban J connectivity index is 4.90. The molecule has 0 aliphatic carbocycles. The summed E-state index contributed by atoms with van der Waals surface area (Å²) in [5.41, 5.74) is -1.02. The van der Waals surface area contributed by atoms with Crippen LogP contribution in [0.2, 0.25) is 0 Å². The molecular formula is C10H18O2. The first-order valence-electron chi connectivity index (χ1n) is 4.42. The molecule has 0 N–H and O–H groups in total. The molecule has 2 heteroatoms. The minimum Gasteiger partial charge on any atom is -0.303 e. The molecule has 0 aromatic rings. The van der Waals surface area contributed by atoms with E-state index in [2.05, 4.69) is 0 Å². The molecule has 0 aliphatic heterocycles. The summed E-state index contributed by atoms with van der Waals surface area (Å²) in [7, 11) is 0. The lowest BCUT2D eigenvalue weighted by Gasteiger charge is -2.37. The minimum absolute atomic E-state index is 0.510. The van der Waals surface area contributed by atoms with E-state index in [1.807, 2.05) is 27.7 Å². The van der Waals surface area contributed by atoms with Gasteiger partial charge in [-0.15, -0.1) is 0 Å². The van der Waals surface area contributed by atoms with Crippen LogP contribution in [0.4, 0.5) is 0 Å². The maximum Gasteiger partial charge on any atom is 0.126 e. The summed E-state index contributed by atoms with van der Waals surface area (Å²) in [5, 5.41) is 0. The summed E-state index contributed by atoms with van der Waals surface area (Å²) >= 11 is 0. The normalized spacial score (nSPS) is 20.7. The second-order valence-corrected chi connectivity index (χ2v) is 3.78. The van der Waals surface area contributed by atoms with Crippen LogP contribution in [0.15, 0.2) is 0 Å². The van der Waals surface area contributed by atoms with Gasteiger partial charge in [0, 0.05) is 10.8 Å². The van der Waals surface area contributed by atoms with Crippen LogP contribution in [0.1, 0.15) is 40.5 Å². The van der Waals surface area contributed by atoms with Crippen LogP contribution < -0.4 is 0 Å². The van der Waals surface area contributed by atoms with Gasteiger partial charge in [0.1, 0.15) is 12.6 Å². The van der Waals surface area contributed by atoms with E-state index in [1.165, 1.54) is 0 Å². The molecule has 2 unspecified atom stereocenters. The van der Waals surface area contributed by atoms with Crippen LogP contribution in [0.25, 0.3) is 0 Å². The van der Waals surface area contributed by atoms with Gasteiger partial charge >= 0.3 is 0 Å².